The van der Waals surface area contributed by atoms with Crippen LogP contribution in [0.15, 0.2) is 18.2 Å². The van der Waals surface area contributed by atoms with Crippen LogP contribution in [0, 0.1) is 0 Å². The van der Waals surface area contributed by atoms with Gasteiger partial charge >= 0.3 is 12.1 Å². The van der Waals surface area contributed by atoms with Crippen LogP contribution in [0.5, 0.6) is 5.75 Å². The molecule has 1 aromatic carbocycles. The first kappa shape index (κ1) is 14.1. The van der Waals surface area contributed by atoms with Crippen molar-refractivity contribution in [2.45, 2.75) is 12.6 Å². The first-order chi connectivity index (χ1) is 8.33. The minimum atomic E-state index is -4.36. The third-order valence-corrected chi connectivity index (χ3v) is 2.06. The van der Waals surface area contributed by atoms with Crippen molar-refractivity contribution in [2.24, 2.45) is 0 Å². The highest BCUT2D eigenvalue weighted by Gasteiger charge is 2.27. The predicted octanol–water partition coefficient (Wildman–Crippen LogP) is 2.39. The lowest BCUT2D eigenvalue weighted by molar-refractivity contribution is -0.141. The van der Waals surface area contributed by atoms with Crippen LogP contribution in [0.1, 0.15) is 16.8 Å². The van der Waals surface area contributed by atoms with Gasteiger partial charge in [0.05, 0.1) is 13.5 Å². The molecule has 0 fully saturated rings. The Kier molecular flexibility index (Phi) is 4.41. The first-order valence-electron chi connectivity index (χ1n) is 5.01. The Morgan fingerprint density at radius 3 is 2.61 bits per heavy atom. The lowest BCUT2D eigenvalue weighted by Gasteiger charge is -2.10. The summed E-state index contributed by atoms with van der Waals surface area (Å²) in [7, 11) is 1.33. The molecule has 0 bridgehead atoms. The van der Waals surface area contributed by atoms with Crippen LogP contribution in [0.2, 0.25) is 0 Å². The third-order valence-electron chi connectivity index (χ3n) is 2.06. The van der Waals surface area contributed by atoms with E-state index in [1.165, 1.54) is 25.3 Å². The summed E-state index contributed by atoms with van der Waals surface area (Å²) in [5, 5.41) is 0. The van der Waals surface area contributed by atoms with Gasteiger partial charge in [-0.3, -0.25) is 0 Å². The molecule has 1 aromatic rings. The number of hydrogen-bond donors (Lipinski definition) is 1. The minimum absolute atomic E-state index is 0.000301. The molecule has 0 spiro atoms. The van der Waals surface area contributed by atoms with E-state index in [4.69, 9.17) is 10.5 Å². The van der Waals surface area contributed by atoms with Crippen LogP contribution < -0.4 is 10.5 Å². The smallest absolute Gasteiger partial charge is 0.392 e. The molecule has 0 heterocycles. The number of hydrogen-bond acceptors (Lipinski definition) is 4. The average Bonchev–Trinajstić information content (AvgIpc) is 2.27. The number of alkyl halides is 3. The van der Waals surface area contributed by atoms with Gasteiger partial charge < -0.3 is 15.2 Å². The fourth-order valence-electron chi connectivity index (χ4n) is 1.22. The number of nitrogen functional groups attached to an aromatic ring is 1. The number of esters is 1. The van der Waals surface area contributed by atoms with Gasteiger partial charge in [-0.25, -0.2) is 4.79 Å². The highest BCUT2D eigenvalue weighted by Crippen LogP contribution is 2.23. The maximum absolute atomic E-state index is 11.9. The maximum atomic E-state index is 11.9. The summed E-state index contributed by atoms with van der Waals surface area (Å²) >= 11 is 0. The van der Waals surface area contributed by atoms with Crippen LogP contribution in [0.3, 0.4) is 0 Å². The first-order valence-corrected chi connectivity index (χ1v) is 5.01. The maximum Gasteiger partial charge on any atom is 0.392 e. The number of benzene rings is 1. The number of ether oxygens (including phenoxy) is 2. The van der Waals surface area contributed by atoms with Crippen molar-refractivity contribution in [3.05, 3.63) is 23.8 Å². The molecule has 0 radical (unpaired) electrons. The van der Waals surface area contributed by atoms with Crippen LogP contribution in [0.4, 0.5) is 18.9 Å². The van der Waals surface area contributed by atoms with Gasteiger partial charge in [0.1, 0.15) is 17.9 Å². The van der Waals surface area contributed by atoms with Gasteiger partial charge in [0.25, 0.3) is 0 Å². The number of rotatable bonds is 4. The van der Waals surface area contributed by atoms with Crippen molar-refractivity contribution in [2.75, 3.05) is 19.5 Å². The van der Waals surface area contributed by atoms with E-state index in [-0.39, 0.29) is 11.3 Å². The topological polar surface area (TPSA) is 61.5 Å². The molecule has 0 atom stereocenters. The molecule has 18 heavy (non-hydrogen) atoms. The van der Waals surface area contributed by atoms with Crippen molar-refractivity contribution in [1.29, 1.82) is 0 Å². The van der Waals surface area contributed by atoms with Gasteiger partial charge in [-0.2, -0.15) is 13.2 Å². The number of carbonyl (C=O) groups excluding carboxylic acids is 1. The van der Waals surface area contributed by atoms with E-state index in [9.17, 15) is 18.0 Å². The molecular formula is C11H12F3NO3. The zero-order chi connectivity index (χ0) is 13.8. The normalized spacial score (nSPS) is 11.1. The molecule has 0 aliphatic rings. The summed E-state index contributed by atoms with van der Waals surface area (Å²) in [6, 6.07) is 4.23. The van der Waals surface area contributed by atoms with Crippen molar-refractivity contribution in [3.8, 4) is 5.75 Å². The Morgan fingerprint density at radius 2 is 2.06 bits per heavy atom. The molecule has 0 saturated heterocycles. The van der Waals surface area contributed by atoms with Crippen molar-refractivity contribution in [1.82, 2.24) is 0 Å². The zero-order valence-electron chi connectivity index (χ0n) is 9.58. The van der Waals surface area contributed by atoms with Crippen molar-refractivity contribution >= 4 is 11.7 Å². The second-order valence-electron chi connectivity index (χ2n) is 3.46. The summed E-state index contributed by atoms with van der Waals surface area (Å²) in [6.45, 7) is -0.736. The molecular weight excluding hydrogens is 251 g/mol. The molecule has 0 saturated carbocycles. The summed E-state index contributed by atoms with van der Waals surface area (Å²) in [4.78, 5) is 11.5. The van der Waals surface area contributed by atoms with Crippen molar-refractivity contribution < 1.29 is 27.4 Å². The molecule has 0 aromatic heterocycles. The van der Waals surface area contributed by atoms with E-state index in [1.807, 2.05) is 0 Å². The van der Waals surface area contributed by atoms with E-state index in [0.29, 0.717) is 5.69 Å². The largest absolute Gasteiger partial charge is 0.496 e. The third kappa shape index (κ3) is 4.15. The molecule has 2 N–H and O–H groups in total. The number of halogens is 3. The lowest BCUT2D eigenvalue weighted by Crippen LogP contribution is -2.15. The SMILES string of the molecule is COc1ccc(N)cc1C(=O)OCCC(F)(F)F. The van der Waals surface area contributed by atoms with Crippen LogP contribution in [-0.4, -0.2) is 25.9 Å². The van der Waals surface area contributed by atoms with Gasteiger partial charge in [-0.15, -0.1) is 0 Å². The predicted molar refractivity (Wildman–Crippen MR) is 58.4 cm³/mol. The monoisotopic (exact) mass is 263 g/mol. The lowest BCUT2D eigenvalue weighted by atomic mass is 10.2. The Labute approximate surface area is 101 Å². The molecule has 1 rings (SSSR count). The molecule has 0 aliphatic carbocycles. The molecule has 4 nitrogen and oxygen atoms in total. The second kappa shape index (κ2) is 5.61. The van der Waals surface area contributed by atoms with E-state index >= 15 is 0 Å². The molecule has 0 unspecified atom stereocenters. The van der Waals surface area contributed by atoms with Crippen LogP contribution >= 0.6 is 0 Å². The quantitative estimate of drug-likeness (QED) is 0.669. The standard InChI is InChI=1S/C11H12F3NO3/c1-17-9-3-2-7(15)6-8(9)10(16)18-5-4-11(12,13)14/h2-3,6H,4-5,15H2,1H3. The Balaban J connectivity index is 2.69. The second-order valence-corrected chi connectivity index (χ2v) is 3.46. The van der Waals surface area contributed by atoms with Gasteiger partial charge in [0, 0.05) is 5.69 Å². The minimum Gasteiger partial charge on any atom is -0.496 e. The number of nitrogens with two attached hydrogens (primary N) is 1. The van der Waals surface area contributed by atoms with Crippen LogP contribution in [0.25, 0.3) is 0 Å². The van der Waals surface area contributed by atoms with Gasteiger partial charge in [0.15, 0.2) is 0 Å². The number of methoxy groups -OCH3 is 1. The number of anilines is 1. The van der Waals surface area contributed by atoms with E-state index in [0.717, 1.165) is 0 Å². The highest BCUT2D eigenvalue weighted by molar-refractivity contribution is 5.93. The summed E-state index contributed by atoms with van der Waals surface area (Å²) in [6.07, 6.45) is -5.55. The fraction of sp³-hybridized carbons (Fsp3) is 0.364. The van der Waals surface area contributed by atoms with Crippen molar-refractivity contribution in [3.63, 3.8) is 0 Å². The average molecular weight is 263 g/mol. The molecule has 0 amide bonds. The summed E-state index contributed by atoms with van der Waals surface area (Å²) in [5.41, 5.74) is 5.76. The van der Waals surface area contributed by atoms with Gasteiger partial charge in [-0.1, -0.05) is 0 Å². The molecule has 100 valence electrons. The van der Waals surface area contributed by atoms with E-state index < -0.39 is 25.2 Å². The fourth-order valence-corrected chi connectivity index (χ4v) is 1.22. The number of carbonyl (C=O) groups is 1. The highest BCUT2D eigenvalue weighted by atomic mass is 19.4. The summed E-state index contributed by atoms with van der Waals surface area (Å²) in [5.74, 6) is -0.704. The zero-order valence-corrected chi connectivity index (χ0v) is 9.58. The Bertz CT molecular complexity index is 432. The van der Waals surface area contributed by atoms with Gasteiger partial charge in [-0.05, 0) is 18.2 Å². The summed E-state index contributed by atoms with van der Waals surface area (Å²) < 4.78 is 45.0. The van der Waals surface area contributed by atoms with E-state index in [2.05, 4.69) is 4.74 Å². The van der Waals surface area contributed by atoms with E-state index in [1.54, 1.807) is 0 Å². The van der Waals surface area contributed by atoms with Gasteiger partial charge in [0.2, 0.25) is 0 Å². The van der Waals surface area contributed by atoms with Crippen LogP contribution in [-0.2, 0) is 4.74 Å². The Hall–Kier alpha value is -1.92. The molecule has 0 aliphatic heterocycles. The molecule has 7 heteroatoms. The Morgan fingerprint density at radius 1 is 1.39 bits per heavy atom.